The van der Waals surface area contributed by atoms with E-state index in [1.807, 2.05) is 26.1 Å². The van der Waals surface area contributed by atoms with E-state index in [0.29, 0.717) is 0 Å². The smallest absolute Gasteiger partial charge is 0.227 e. The second-order valence-corrected chi connectivity index (χ2v) is 7.09. The van der Waals surface area contributed by atoms with Crippen LogP contribution < -0.4 is 9.64 Å². The summed E-state index contributed by atoms with van der Waals surface area (Å²) in [6, 6.07) is 14.5. The highest BCUT2D eigenvalue weighted by molar-refractivity contribution is 5.83. The summed E-state index contributed by atoms with van der Waals surface area (Å²) in [7, 11) is 2.04. The van der Waals surface area contributed by atoms with Gasteiger partial charge in [-0.3, -0.25) is 4.57 Å². The maximum Gasteiger partial charge on any atom is 0.227 e. The zero-order valence-electron chi connectivity index (χ0n) is 15.6. The summed E-state index contributed by atoms with van der Waals surface area (Å²) in [5.41, 5.74) is 0. The number of hydrogen-bond donors (Lipinski definition) is 0. The van der Waals surface area contributed by atoms with E-state index < -0.39 is 0 Å². The van der Waals surface area contributed by atoms with Gasteiger partial charge in [0.2, 0.25) is 5.95 Å². The maximum atomic E-state index is 6.17. The molecule has 5 nitrogen and oxygen atoms in total. The molecule has 26 heavy (non-hydrogen) atoms. The highest BCUT2D eigenvalue weighted by Crippen LogP contribution is 2.26. The molecule has 0 N–H and O–H groups in total. The highest BCUT2D eigenvalue weighted by Gasteiger charge is 2.21. The minimum absolute atomic E-state index is 0.158. The Bertz CT molecular complexity index is 881. The van der Waals surface area contributed by atoms with Gasteiger partial charge in [-0.1, -0.05) is 43.2 Å². The van der Waals surface area contributed by atoms with Gasteiger partial charge in [0.1, 0.15) is 5.75 Å². The molecule has 4 rings (SSSR count). The van der Waals surface area contributed by atoms with Crippen LogP contribution in [0.4, 0.5) is 5.95 Å². The molecule has 0 bridgehead atoms. The van der Waals surface area contributed by atoms with Gasteiger partial charge in [0.25, 0.3) is 0 Å². The van der Waals surface area contributed by atoms with E-state index in [-0.39, 0.29) is 6.10 Å². The van der Waals surface area contributed by atoms with Crippen LogP contribution in [0, 0.1) is 0 Å². The van der Waals surface area contributed by atoms with Crippen LogP contribution >= 0.6 is 0 Å². The number of aromatic nitrogens is 3. The first kappa shape index (κ1) is 16.9. The second-order valence-electron chi connectivity index (χ2n) is 7.09. The van der Waals surface area contributed by atoms with Crippen molar-refractivity contribution in [3.63, 3.8) is 0 Å². The number of hydrogen-bond acceptors (Lipinski definition) is 4. The van der Waals surface area contributed by atoms with Crippen molar-refractivity contribution in [2.45, 2.75) is 38.7 Å². The summed E-state index contributed by atoms with van der Waals surface area (Å²) in [5.74, 6) is 2.67. The van der Waals surface area contributed by atoms with Crippen molar-refractivity contribution in [3.8, 4) is 5.75 Å². The van der Waals surface area contributed by atoms with Crippen LogP contribution in [0.5, 0.6) is 5.75 Å². The Labute approximate surface area is 154 Å². The summed E-state index contributed by atoms with van der Waals surface area (Å²) < 4.78 is 8.25. The molecule has 0 amide bonds. The topological polar surface area (TPSA) is 43.2 Å². The zero-order valence-corrected chi connectivity index (χ0v) is 15.6. The molecule has 1 fully saturated rings. The van der Waals surface area contributed by atoms with Gasteiger partial charge in [0.05, 0.1) is 0 Å². The molecule has 0 radical (unpaired) electrons. The molecule has 2 aromatic carbocycles. The number of ether oxygens (including phenoxy) is 1. The molecular formula is C21H26N4O. The van der Waals surface area contributed by atoms with E-state index in [0.717, 1.165) is 30.6 Å². The maximum absolute atomic E-state index is 6.17. The molecule has 2 heterocycles. The largest absolute Gasteiger partial charge is 0.483 e. The van der Waals surface area contributed by atoms with Crippen molar-refractivity contribution >= 4 is 16.7 Å². The fraction of sp³-hybridized carbons (Fsp3) is 0.429. The minimum atomic E-state index is -0.158. The van der Waals surface area contributed by atoms with Gasteiger partial charge in [-0.05, 0) is 42.7 Å². The van der Waals surface area contributed by atoms with E-state index in [1.165, 1.54) is 36.5 Å². The van der Waals surface area contributed by atoms with Gasteiger partial charge in [-0.25, -0.2) is 0 Å². The Morgan fingerprint density at radius 1 is 0.923 bits per heavy atom. The minimum Gasteiger partial charge on any atom is -0.483 e. The van der Waals surface area contributed by atoms with E-state index in [2.05, 4.69) is 50.0 Å². The van der Waals surface area contributed by atoms with Crippen molar-refractivity contribution in [1.82, 2.24) is 14.8 Å². The number of fused-ring (bicyclic) bond motifs is 1. The van der Waals surface area contributed by atoms with E-state index >= 15 is 0 Å². The SMILES string of the molecule is CC(Oc1ccc2ccccc2c1)c1nnc(N2CCCCCC2)n1C. The van der Waals surface area contributed by atoms with Crippen LogP contribution in [0.2, 0.25) is 0 Å². The van der Waals surface area contributed by atoms with Crippen LogP contribution in [-0.4, -0.2) is 27.9 Å². The number of rotatable bonds is 4. The molecule has 1 aliphatic rings. The van der Waals surface area contributed by atoms with Crippen molar-refractivity contribution in [1.29, 1.82) is 0 Å². The molecule has 1 saturated heterocycles. The third kappa shape index (κ3) is 3.39. The second kappa shape index (κ2) is 7.36. The van der Waals surface area contributed by atoms with Crippen LogP contribution in [0.25, 0.3) is 10.8 Å². The van der Waals surface area contributed by atoms with Gasteiger partial charge in [-0.2, -0.15) is 0 Å². The first-order valence-corrected chi connectivity index (χ1v) is 9.52. The Kier molecular flexibility index (Phi) is 4.78. The van der Waals surface area contributed by atoms with Crippen molar-refractivity contribution < 1.29 is 4.74 Å². The van der Waals surface area contributed by atoms with Gasteiger partial charge in [0, 0.05) is 20.1 Å². The molecule has 136 valence electrons. The molecule has 3 aromatic rings. The summed E-state index contributed by atoms with van der Waals surface area (Å²) in [6.45, 7) is 4.16. The molecule has 5 heteroatoms. The monoisotopic (exact) mass is 350 g/mol. The highest BCUT2D eigenvalue weighted by atomic mass is 16.5. The Balaban J connectivity index is 1.53. The lowest BCUT2D eigenvalue weighted by Gasteiger charge is -2.21. The van der Waals surface area contributed by atoms with E-state index in [1.54, 1.807) is 0 Å². The summed E-state index contributed by atoms with van der Waals surface area (Å²) in [6.07, 6.45) is 4.91. The van der Waals surface area contributed by atoms with Crippen molar-refractivity contribution in [2.24, 2.45) is 7.05 Å². The van der Waals surface area contributed by atoms with Crippen LogP contribution in [0.3, 0.4) is 0 Å². The quantitative estimate of drug-likeness (QED) is 0.695. The molecule has 1 aliphatic heterocycles. The number of anilines is 1. The number of benzene rings is 2. The average Bonchev–Trinajstić information content (AvgIpc) is 2.86. The summed E-state index contributed by atoms with van der Waals surface area (Å²) >= 11 is 0. The Morgan fingerprint density at radius 3 is 2.42 bits per heavy atom. The fourth-order valence-electron chi connectivity index (χ4n) is 3.73. The van der Waals surface area contributed by atoms with Crippen LogP contribution in [-0.2, 0) is 7.05 Å². The van der Waals surface area contributed by atoms with Gasteiger partial charge < -0.3 is 9.64 Å². The molecule has 1 unspecified atom stereocenters. The average molecular weight is 350 g/mol. The third-order valence-electron chi connectivity index (χ3n) is 5.17. The summed E-state index contributed by atoms with van der Waals surface area (Å²) in [5, 5.41) is 11.3. The van der Waals surface area contributed by atoms with Gasteiger partial charge in [0.15, 0.2) is 11.9 Å². The Morgan fingerprint density at radius 2 is 1.65 bits per heavy atom. The first-order chi connectivity index (χ1) is 12.7. The predicted molar refractivity (Wildman–Crippen MR) is 105 cm³/mol. The molecule has 0 spiro atoms. The van der Waals surface area contributed by atoms with Crippen LogP contribution in [0.15, 0.2) is 42.5 Å². The van der Waals surface area contributed by atoms with Gasteiger partial charge >= 0.3 is 0 Å². The standard InChI is InChI=1S/C21H26N4O/c1-16(26-19-12-11-17-9-5-6-10-18(17)15-19)20-22-23-21(24(20)2)25-13-7-3-4-8-14-25/h5-6,9-12,15-16H,3-4,7-8,13-14H2,1-2H3. The Hall–Kier alpha value is -2.56. The lowest BCUT2D eigenvalue weighted by molar-refractivity contribution is 0.212. The van der Waals surface area contributed by atoms with E-state index in [4.69, 9.17) is 4.74 Å². The molecular weight excluding hydrogens is 324 g/mol. The molecule has 1 atom stereocenters. The van der Waals surface area contributed by atoms with E-state index in [9.17, 15) is 0 Å². The fourth-order valence-corrected chi connectivity index (χ4v) is 3.73. The molecule has 1 aromatic heterocycles. The lowest BCUT2D eigenvalue weighted by Crippen LogP contribution is -2.27. The normalized spacial score (nSPS) is 16.5. The van der Waals surface area contributed by atoms with Crippen molar-refractivity contribution in [3.05, 3.63) is 48.3 Å². The first-order valence-electron chi connectivity index (χ1n) is 9.52. The lowest BCUT2D eigenvalue weighted by atomic mass is 10.1. The van der Waals surface area contributed by atoms with Crippen LogP contribution in [0.1, 0.15) is 44.5 Å². The molecule has 0 saturated carbocycles. The number of nitrogens with zero attached hydrogens (tertiary/aromatic N) is 4. The van der Waals surface area contributed by atoms with Gasteiger partial charge in [-0.15, -0.1) is 10.2 Å². The third-order valence-corrected chi connectivity index (χ3v) is 5.17. The zero-order chi connectivity index (χ0) is 17.9. The van der Waals surface area contributed by atoms with Crippen molar-refractivity contribution in [2.75, 3.05) is 18.0 Å². The predicted octanol–water partition coefficient (Wildman–Crippen LogP) is 4.49. The summed E-state index contributed by atoms with van der Waals surface area (Å²) in [4.78, 5) is 2.35. The molecule has 0 aliphatic carbocycles.